The molecule has 2 aromatic rings. The van der Waals surface area contributed by atoms with E-state index in [1.54, 1.807) is 0 Å². The smallest absolute Gasteiger partial charge is 0.489 e. The van der Waals surface area contributed by atoms with Gasteiger partial charge in [0.15, 0.2) is 0 Å². The van der Waals surface area contributed by atoms with E-state index in [0.717, 1.165) is 20.3 Å². The third-order valence-electron chi connectivity index (χ3n) is 4.72. The van der Waals surface area contributed by atoms with E-state index in [1.807, 2.05) is 36.4 Å². The lowest BCUT2D eigenvalue weighted by atomic mass is 9.79. The van der Waals surface area contributed by atoms with Crippen LogP contribution in [0.2, 0.25) is 0 Å². The summed E-state index contributed by atoms with van der Waals surface area (Å²) < 4.78 is 19.4. The minimum absolute atomic E-state index is 0.346. The Labute approximate surface area is 158 Å². The zero-order chi connectivity index (χ0) is 17.4. The monoisotopic (exact) mass is 436 g/mol. The molecule has 1 saturated heterocycles. The Morgan fingerprint density at radius 1 is 0.958 bits per heavy atom. The predicted octanol–water partition coefficient (Wildman–Crippen LogP) is 4.17. The number of rotatable bonds is 4. The fourth-order valence-electron chi connectivity index (χ4n) is 2.50. The van der Waals surface area contributed by atoms with Crippen molar-refractivity contribution in [2.75, 3.05) is 0 Å². The molecule has 1 aliphatic rings. The van der Waals surface area contributed by atoms with Gasteiger partial charge in [0, 0.05) is 3.57 Å². The molecule has 126 valence electrons. The molecule has 5 heteroatoms. The fraction of sp³-hybridized carbons (Fsp3) is 0.368. The van der Waals surface area contributed by atoms with Crippen molar-refractivity contribution < 1.29 is 14.0 Å². The second-order valence-corrected chi connectivity index (χ2v) is 8.21. The molecule has 0 atom stereocenters. The number of hydrogen-bond acceptors (Lipinski definition) is 3. The van der Waals surface area contributed by atoms with Crippen LogP contribution in [0.1, 0.15) is 33.3 Å². The highest BCUT2D eigenvalue weighted by molar-refractivity contribution is 14.1. The molecule has 3 nitrogen and oxygen atoms in total. The molecule has 2 aromatic carbocycles. The van der Waals surface area contributed by atoms with Crippen molar-refractivity contribution in [1.82, 2.24) is 0 Å². The van der Waals surface area contributed by atoms with Gasteiger partial charge < -0.3 is 14.0 Å². The standard InChI is InChI=1S/C19H22BIO3/c1-18(2)19(3,4)24-20(23-18)16-12-15(10-11-17(16)21)22-13-14-8-6-5-7-9-14/h5-12H,13H2,1-4H3. The van der Waals surface area contributed by atoms with E-state index in [-0.39, 0.29) is 18.3 Å². The molecule has 0 N–H and O–H groups in total. The van der Waals surface area contributed by atoms with Gasteiger partial charge in [-0.05, 0) is 79.5 Å². The van der Waals surface area contributed by atoms with E-state index in [9.17, 15) is 0 Å². The average molecular weight is 436 g/mol. The number of halogens is 1. The Morgan fingerprint density at radius 2 is 1.58 bits per heavy atom. The van der Waals surface area contributed by atoms with E-state index < -0.39 is 0 Å². The summed E-state index contributed by atoms with van der Waals surface area (Å²) >= 11 is 2.31. The van der Waals surface area contributed by atoms with E-state index in [4.69, 9.17) is 14.0 Å². The molecule has 24 heavy (non-hydrogen) atoms. The third-order valence-corrected chi connectivity index (χ3v) is 5.71. The van der Waals surface area contributed by atoms with Crippen LogP contribution in [-0.2, 0) is 15.9 Å². The molecule has 0 unspecified atom stereocenters. The molecule has 1 heterocycles. The topological polar surface area (TPSA) is 27.7 Å². The molecular formula is C19H22BIO3. The van der Waals surface area contributed by atoms with Gasteiger partial charge in [0.2, 0.25) is 0 Å². The fourth-order valence-corrected chi connectivity index (χ4v) is 3.09. The van der Waals surface area contributed by atoms with Crippen molar-refractivity contribution in [3.05, 3.63) is 57.7 Å². The summed E-state index contributed by atoms with van der Waals surface area (Å²) in [5.41, 5.74) is 1.47. The van der Waals surface area contributed by atoms with Crippen molar-refractivity contribution in [1.29, 1.82) is 0 Å². The van der Waals surface area contributed by atoms with Crippen LogP contribution in [0, 0.1) is 3.57 Å². The molecule has 0 amide bonds. The van der Waals surface area contributed by atoms with Gasteiger partial charge >= 0.3 is 7.12 Å². The summed E-state index contributed by atoms with van der Waals surface area (Å²) in [5.74, 6) is 0.823. The van der Waals surface area contributed by atoms with E-state index in [0.29, 0.717) is 6.61 Å². The Hall–Kier alpha value is -1.05. The average Bonchev–Trinajstić information content (AvgIpc) is 2.75. The normalized spacial score (nSPS) is 18.6. The first kappa shape index (κ1) is 17.8. The summed E-state index contributed by atoms with van der Waals surface area (Å²) in [6.07, 6.45) is 0. The first-order chi connectivity index (χ1) is 11.3. The predicted molar refractivity (Wildman–Crippen MR) is 106 cm³/mol. The molecule has 0 saturated carbocycles. The van der Waals surface area contributed by atoms with Gasteiger partial charge in [-0.1, -0.05) is 30.3 Å². The highest BCUT2D eigenvalue weighted by Gasteiger charge is 2.52. The van der Waals surface area contributed by atoms with Crippen LogP contribution in [0.3, 0.4) is 0 Å². The molecule has 0 spiro atoms. The van der Waals surface area contributed by atoms with Gasteiger partial charge in [-0.3, -0.25) is 0 Å². The van der Waals surface area contributed by atoms with Crippen molar-refractivity contribution in [3.8, 4) is 5.75 Å². The lowest BCUT2D eigenvalue weighted by Gasteiger charge is -2.32. The zero-order valence-corrected chi connectivity index (χ0v) is 16.7. The molecule has 0 aromatic heterocycles. The van der Waals surface area contributed by atoms with Crippen LogP contribution in [0.15, 0.2) is 48.5 Å². The Morgan fingerprint density at radius 3 is 2.21 bits per heavy atom. The largest absolute Gasteiger partial charge is 0.496 e. The van der Waals surface area contributed by atoms with E-state index in [1.165, 1.54) is 0 Å². The highest BCUT2D eigenvalue weighted by Crippen LogP contribution is 2.37. The molecule has 0 aliphatic carbocycles. The van der Waals surface area contributed by atoms with Gasteiger partial charge in [0.05, 0.1) is 11.2 Å². The van der Waals surface area contributed by atoms with Gasteiger partial charge in [0.1, 0.15) is 12.4 Å². The summed E-state index contributed by atoms with van der Waals surface area (Å²) in [7, 11) is -0.373. The maximum atomic E-state index is 6.17. The number of ether oxygens (including phenoxy) is 1. The van der Waals surface area contributed by atoms with Gasteiger partial charge in [0.25, 0.3) is 0 Å². The molecular weight excluding hydrogens is 414 g/mol. The van der Waals surface area contributed by atoms with Crippen LogP contribution >= 0.6 is 22.6 Å². The van der Waals surface area contributed by atoms with E-state index in [2.05, 4.69) is 62.4 Å². The van der Waals surface area contributed by atoms with Crippen LogP contribution in [0.4, 0.5) is 0 Å². The van der Waals surface area contributed by atoms with Crippen LogP contribution < -0.4 is 10.2 Å². The second-order valence-electron chi connectivity index (χ2n) is 7.05. The van der Waals surface area contributed by atoms with Crippen LogP contribution in [-0.4, -0.2) is 18.3 Å². The molecule has 1 fully saturated rings. The van der Waals surface area contributed by atoms with Crippen LogP contribution in [0.5, 0.6) is 5.75 Å². The third kappa shape index (κ3) is 3.63. The maximum Gasteiger partial charge on any atom is 0.496 e. The summed E-state index contributed by atoms with van der Waals surface area (Å²) in [6, 6.07) is 16.2. The van der Waals surface area contributed by atoms with Crippen molar-refractivity contribution >= 4 is 35.2 Å². The first-order valence-electron chi connectivity index (χ1n) is 8.10. The minimum Gasteiger partial charge on any atom is -0.489 e. The number of benzene rings is 2. The highest BCUT2D eigenvalue weighted by atomic mass is 127. The Balaban J connectivity index is 1.78. The minimum atomic E-state index is -0.373. The van der Waals surface area contributed by atoms with Crippen molar-refractivity contribution in [2.45, 2.75) is 45.5 Å². The zero-order valence-electron chi connectivity index (χ0n) is 14.5. The molecule has 0 bridgehead atoms. The van der Waals surface area contributed by atoms with E-state index >= 15 is 0 Å². The SMILES string of the molecule is CC1(C)OB(c2cc(OCc3ccccc3)ccc2I)OC1(C)C. The summed E-state index contributed by atoms with van der Waals surface area (Å²) in [5, 5.41) is 0. The Kier molecular flexibility index (Phi) is 4.95. The Bertz CT molecular complexity index is 700. The summed E-state index contributed by atoms with van der Waals surface area (Å²) in [6.45, 7) is 8.81. The first-order valence-corrected chi connectivity index (χ1v) is 9.18. The number of hydrogen-bond donors (Lipinski definition) is 0. The summed E-state index contributed by atoms with van der Waals surface area (Å²) in [4.78, 5) is 0. The molecule has 0 radical (unpaired) electrons. The maximum absolute atomic E-state index is 6.17. The van der Waals surface area contributed by atoms with Gasteiger partial charge in [-0.25, -0.2) is 0 Å². The lowest BCUT2D eigenvalue weighted by Crippen LogP contribution is -2.41. The molecule has 1 aliphatic heterocycles. The lowest BCUT2D eigenvalue weighted by molar-refractivity contribution is 0.00578. The quantitative estimate of drug-likeness (QED) is 0.532. The van der Waals surface area contributed by atoms with Gasteiger partial charge in [-0.15, -0.1) is 0 Å². The van der Waals surface area contributed by atoms with Crippen molar-refractivity contribution in [2.24, 2.45) is 0 Å². The molecule has 3 rings (SSSR count). The van der Waals surface area contributed by atoms with Crippen molar-refractivity contribution in [3.63, 3.8) is 0 Å². The second kappa shape index (κ2) is 6.69. The van der Waals surface area contributed by atoms with Crippen LogP contribution in [0.25, 0.3) is 0 Å². The van der Waals surface area contributed by atoms with Gasteiger partial charge in [-0.2, -0.15) is 0 Å².